The lowest BCUT2D eigenvalue weighted by Crippen LogP contribution is -2.14. The lowest BCUT2D eigenvalue weighted by Gasteiger charge is -2.07. The molecule has 0 aliphatic rings. The van der Waals surface area contributed by atoms with E-state index >= 15 is 0 Å². The van der Waals surface area contributed by atoms with Crippen LogP contribution in [0, 0.1) is 31.0 Å². The molecule has 0 bridgehead atoms. The first-order valence-electron chi connectivity index (χ1n) is 6.90. The fourth-order valence-electron chi connectivity index (χ4n) is 2.14. The van der Waals surface area contributed by atoms with Crippen molar-refractivity contribution in [2.45, 2.75) is 13.8 Å². The number of carbonyl (C=O) groups excluding carboxylic acids is 1. The number of nitrogens with zero attached hydrogens (tertiary/aromatic N) is 1. The lowest BCUT2D eigenvalue weighted by atomic mass is 10.0. The maximum atomic E-state index is 13.5. The van der Waals surface area contributed by atoms with Gasteiger partial charge in [-0.2, -0.15) is 5.26 Å². The number of nitriles is 1. The Bertz CT molecular complexity index is 812. The van der Waals surface area contributed by atoms with E-state index in [2.05, 4.69) is 5.32 Å². The van der Waals surface area contributed by atoms with Crippen LogP contribution in [-0.4, -0.2) is 11.0 Å². The van der Waals surface area contributed by atoms with E-state index in [0.29, 0.717) is 16.7 Å². The van der Waals surface area contributed by atoms with E-state index in [-0.39, 0.29) is 17.0 Å². The van der Waals surface area contributed by atoms with Gasteiger partial charge in [0.2, 0.25) is 0 Å². The summed E-state index contributed by atoms with van der Waals surface area (Å²) in [4.78, 5) is 12.1. The average Bonchev–Trinajstić information content (AvgIpc) is 2.52. The molecule has 5 heteroatoms. The molecule has 0 spiro atoms. The highest BCUT2D eigenvalue weighted by Gasteiger charge is 2.12. The Morgan fingerprint density at radius 1 is 1.26 bits per heavy atom. The first-order chi connectivity index (χ1) is 10.9. The van der Waals surface area contributed by atoms with E-state index in [1.165, 1.54) is 24.3 Å². The van der Waals surface area contributed by atoms with E-state index in [4.69, 9.17) is 0 Å². The summed E-state index contributed by atoms with van der Waals surface area (Å²) in [6.07, 6.45) is 1.40. The summed E-state index contributed by atoms with van der Waals surface area (Å²) in [5.74, 6) is -1.09. The molecule has 116 valence electrons. The smallest absolute Gasteiger partial charge is 0.266 e. The van der Waals surface area contributed by atoms with Crippen molar-refractivity contribution >= 4 is 17.7 Å². The highest BCUT2D eigenvalue weighted by atomic mass is 19.1. The predicted octanol–water partition coefficient (Wildman–Crippen LogP) is 3.69. The number of nitrogens with one attached hydrogen (secondary N) is 1. The Hall–Kier alpha value is -3.13. The van der Waals surface area contributed by atoms with Gasteiger partial charge in [-0.3, -0.25) is 4.79 Å². The number of phenols is 1. The number of hydrogen-bond donors (Lipinski definition) is 2. The van der Waals surface area contributed by atoms with E-state index in [1.807, 2.05) is 6.07 Å². The van der Waals surface area contributed by atoms with Gasteiger partial charge in [-0.15, -0.1) is 0 Å². The molecule has 1 amide bonds. The van der Waals surface area contributed by atoms with Crippen LogP contribution in [-0.2, 0) is 4.79 Å². The number of aromatic hydroxyl groups is 1. The molecule has 0 radical (unpaired) electrons. The molecule has 0 unspecified atom stereocenters. The third-order valence-corrected chi connectivity index (χ3v) is 3.31. The van der Waals surface area contributed by atoms with Crippen LogP contribution in [0.5, 0.6) is 5.75 Å². The number of phenolic OH excluding ortho intramolecular Hbond substituents is 1. The van der Waals surface area contributed by atoms with Crippen molar-refractivity contribution in [3.05, 3.63) is 64.5 Å². The van der Waals surface area contributed by atoms with Gasteiger partial charge < -0.3 is 10.4 Å². The maximum Gasteiger partial charge on any atom is 0.266 e. The molecule has 0 fully saturated rings. The largest absolute Gasteiger partial charge is 0.507 e. The van der Waals surface area contributed by atoms with Gasteiger partial charge in [0, 0.05) is 0 Å². The van der Waals surface area contributed by atoms with Crippen molar-refractivity contribution < 1.29 is 14.3 Å². The summed E-state index contributed by atoms with van der Waals surface area (Å²) in [7, 11) is 0. The molecule has 0 aliphatic carbocycles. The van der Waals surface area contributed by atoms with Gasteiger partial charge in [-0.25, -0.2) is 4.39 Å². The summed E-state index contributed by atoms with van der Waals surface area (Å²) < 4.78 is 13.5. The second kappa shape index (κ2) is 6.75. The minimum Gasteiger partial charge on any atom is -0.507 e. The topological polar surface area (TPSA) is 73.1 Å². The molecule has 0 atom stereocenters. The van der Waals surface area contributed by atoms with Crippen LogP contribution >= 0.6 is 0 Å². The number of para-hydroxylation sites is 1. The zero-order valence-corrected chi connectivity index (χ0v) is 12.7. The number of carbonyl (C=O) groups is 1. The van der Waals surface area contributed by atoms with Crippen LogP contribution in [0.25, 0.3) is 6.08 Å². The van der Waals surface area contributed by atoms with Crippen LogP contribution in [0.4, 0.5) is 10.1 Å². The Kier molecular flexibility index (Phi) is 4.77. The second-order valence-electron chi connectivity index (χ2n) is 5.11. The van der Waals surface area contributed by atoms with Crippen LogP contribution in [0.15, 0.2) is 42.0 Å². The van der Waals surface area contributed by atoms with Gasteiger partial charge in [0.15, 0.2) is 0 Å². The van der Waals surface area contributed by atoms with Crippen molar-refractivity contribution in [1.29, 1.82) is 5.26 Å². The summed E-state index contributed by atoms with van der Waals surface area (Å²) >= 11 is 0. The fourth-order valence-corrected chi connectivity index (χ4v) is 2.14. The van der Waals surface area contributed by atoms with Crippen LogP contribution in [0.2, 0.25) is 0 Å². The average molecular weight is 310 g/mol. The van der Waals surface area contributed by atoms with Gasteiger partial charge >= 0.3 is 0 Å². The van der Waals surface area contributed by atoms with Crippen molar-refractivity contribution in [3.63, 3.8) is 0 Å². The number of benzene rings is 2. The third-order valence-electron chi connectivity index (χ3n) is 3.31. The van der Waals surface area contributed by atoms with Crippen LogP contribution in [0.3, 0.4) is 0 Å². The first kappa shape index (κ1) is 16.2. The zero-order valence-electron chi connectivity index (χ0n) is 12.7. The second-order valence-corrected chi connectivity index (χ2v) is 5.11. The number of rotatable bonds is 3. The molecule has 4 nitrogen and oxygen atoms in total. The number of hydrogen-bond acceptors (Lipinski definition) is 3. The number of anilines is 1. The van der Waals surface area contributed by atoms with Crippen molar-refractivity contribution in [3.8, 4) is 11.8 Å². The number of amides is 1. The van der Waals surface area contributed by atoms with E-state index < -0.39 is 11.7 Å². The van der Waals surface area contributed by atoms with Crippen molar-refractivity contribution in [2.24, 2.45) is 0 Å². The molecule has 2 aromatic carbocycles. The molecular weight excluding hydrogens is 295 g/mol. The SMILES string of the molecule is Cc1cc(/C=C(\C#N)C(=O)Nc2ccccc2F)cc(C)c1O. The Labute approximate surface area is 133 Å². The van der Waals surface area contributed by atoms with E-state index in [1.54, 1.807) is 32.0 Å². The molecule has 0 aromatic heterocycles. The Morgan fingerprint density at radius 3 is 2.43 bits per heavy atom. The maximum absolute atomic E-state index is 13.5. The molecule has 2 N–H and O–H groups in total. The summed E-state index contributed by atoms with van der Waals surface area (Å²) in [5, 5.41) is 21.3. The molecule has 0 aliphatic heterocycles. The predicted molar refractivity (Wildman–Crippen MR) is 86.2 cm³/mol. The normalized spacial score (nSPS) is 11.0. The van der Waals surface area contributed by atoms with Crippen molar-refractivity contribution in [2.75, 3.05) is 5.32 Å². The zero-order chi connectivity index (χ0) is 17.0. The third kappa shape index (κ3) is 3.74. The lowest BCUT2D eigenvalue weighted by molar-refractivity contribution is -0.112. The molecule has 23 heavy (non-hydrogen) atoms. The highest BCUT2D eigenvalue weighted by molar-refractivity contribution is 6.09. The van der Waals surface area contributed by atoms with Gasteiger partial charge in [0.05, 0.1) is 5.69 Å². The van der Waals surface area contributed by atoms with Crippen LogP contribution in [0.1, 0.15) is 16.7 Å². The summed E-state index contributed by atoms with van der Waals surface area (Å²) in [6, 6.07) is 10.9. The number of halogens is 1. The molecule has 2 aromatic rings. The number of aryl methyl sites for hydroxylation is 2. The molecular formula is C18H15FN2O2. The molecule has 0 heterocycles. The Morgan fingerprint density at radius 2 is 1.87 bits per heavy atom. The van der Waals surface area contributed by atoms with Crippen molar-refractivity contribution in [1.82, 2.24) is 0 Å². The quantitative estimate of drug-likeness (QED) is 0.670. The monoisotopic (exact) mass is 310 g/mol. The van der Waals surface area contributed by atoms with Crippen LogP contribution < -0.4 is 5.32 Å². The molecule has 0 saturated carbocycles. The summed E-state index contributed by atoms with van der Waals surface area (Å²) in [6.45, 7) is 3.45. The summed E-state index contributed by atoms with van der Waals surface area (Å²) in [5.41, 5.74) is 1.75. The van der Waals surface area contributed by atoms with E-state index in [9.17, 15) is 19.6 Å². The fraction of sp³-hybridized carbons (Fsp3) is 0.111. The van der Waals surface area contributed by atoms with Gasteiger partial charge in [0.1, 0.15) is 23.2 Å². The van der Waals surface area contributed by atoms with Gasteiger partial charge in [0.25, 0.3) is 5.91 Å². The molecule has 2 rings (SSSR count). The Balaban J connectivity index is 2.31. The standard InChI is InChI=1S/C18H15FN2O2/c1-11-7-13(8-12(2)17(11)22)9-14(10-20)18(23)21-16-6-4-3-5-15(16)19/h3-9,22H,1-2H3,(H,21,23)/b14-9+. The van der Waals surface area contributed by atoms with Gasteiger partial charge in [-0.1, -0.05) is 12.1 Å². The highest BCUT2D eigenvalue weighted by Crippen LogP contribution is 2.24. The minimum atomic E-state index is -0.694. The molecule has 0 saturated heterocycles. The first-order valence-corrected chi connectivity index (χ1v) is 6.90. The van der Waals surface area contributed by atoms with Gasteiger partial charge in [-0.05, 0) is 60.9 Å². The van der Waals surface area contributed by atoms with E-state index in [0.717, 1.165) is 0 Å². The minimum absolute atomic E-state index is 0.0108.